The molecule has 0 saturated carbocycles. The molecule has 5 heteroatoms. The van der Waals surface area contributed by atoms with Gasteiger partial charge in [-0.2, -0.15) is 8.42 Å². The number of benzene rings is 2. The number of phenolic OH excluding ortho intramolecular Hbond substituents is 1. The van der Waals surface area contributed by atoms with Crippen LogP contribution in [0.15, 0.2) is 48.5 Å². The fourth-order valence-corrected chi connectivity index (χ4v) is 2.75. The first-order chi connectivity index (χ1) is 8.98. The van der Waals surface area contributed by atoms with Crippen LogP contribution in [0.4, 0.5) is 0 Å². The minimum absolute atomic E-state index is 0.00686. The summed E-state index contributed by atoms with van der Waals surface area (Å²) >= 11 is 0. The zero-order valence-corrected chi connectivity index (χ0v) is 11.2. The molecule has 0 bridgehead atoms. The van der Waals surface area contributed by atoms with Crippen LogP contribution in [0.5, 0.6) is 11.5 Å². The van der Waals surface area contributed by atoms with E-state index in [4.69, 9.17) is 4.18 Å². The van der Waals surface area contributed by atoms with Gasteiger partial charge in [-0.1, -0.05) is 36.4 Å². The van der Waals surface area contributed by atoms with Gasteiger partial charge in [0.15, 0.2) is 0 Å². The predicted molar refractivity (Wildman–Crippen MR) is 72.5 cm³/mol. The van der Waals surface area contributed by atoms with Gasteiger partial charge in [-0.25, -0.2) is 0 Å². The minimum atomic E-state index is -3.74. The standard InChI is InChI=1S/C14H14O4S/c1-11-13(15)8-5-9-14(11)18-19(16,17)10-12-6-3-2-4-7-12/h2-9,15H,10H2,1H3. The highest BCUT2D eigenvalue weighted by atomic mass is 32.2. The molecule has 0 atom stereocenters. The molecule has 0 heterocycles. The van der Waals surface area contributed by atoms with Gasteiger partial charge in [0.1, 0.15) is 17.3 Å². The van der Waals surface area contributed by atoms with Crippen LogP contribution >= 0.6 is 0 Å². The molecule has 1 N–H and O–H groups in total. The SMILES string of the molecule is Cc1c(O)cccc1OS(=O)(=O)Cc1ccccc1. The number of rotatable bonds is 4. The van der Waals surface area contributed by atoms with Crippen LogP contribution < -0.4 is 4.18 Å². The molecule has 19 heavy (non-hydrogen) atoms. The van der Waals surface area contributed by atoms with E-state index in [1.165, 1.54) is 18.2 Å². The second-order valence-electron chi connectivity index (χ2n) is 4.17. The molecule has 0 fully saturated rings. The average molecular weight is 278 g/mol. The summed E-state index contributed by atoms with van der Waals surface area (Å²) in [6.07, 6.45) is 0. The van der Waals surface area contributed by atoms with Crippen molar-refractivity contribution in [3.05, 3.63) is 59.7 Å². The summed E-state index contributed by atoms with van der Waals surface area (Å²) in [6, 6.07) is 13.3. The Balaban J connectivity index is 2.20. The van der Waals surface area contributed by atoms with Crippen molar-refractivity contribution in [2.24, 2.45) is 0 Å². The van der Waals surface area contributed by atoms with Gasteiger partial charge in [0.05, 0.1) is 0 Å². The summed E-state index contributed by atoms with van der Waals surface area (Å²) in [5, 5.41) is 9.51. The van der Waals surface area contributed by atoms with Gasteiger partial charge in [0, 0.05) is 5.56 Å². The van der Waals surface area contributed by atoms with Crippen molar-refractivity contribution in [1.29, 1.82) is 0 Å². The Hall–Kier alpha value is -2.01. The van der Waals surface area contributed by atoms with Crippen molar-refractivity contribution in [1.82, 2.24) is 0 Å². The Kier molecular flexibility index (Phi) is 3.76. The van der Waals surface area contributed by atoms with E-state index in [2.05, 4.69) is 0 Å². The molecule has 0 spiro atoms. The van der Waals surface area contributed by atoms with Crippen LogP contribution in [0.3, 0.4) is 0 Å². The summed E-state index contributed by atoms with van der Waals surface area (Å²) in [5.74, 6) is -0.0495. The van der Waals surface area contributed by atoms with Gasteiger partial charge < -0.3 is 9.29 Å². The summed E-state index contributed by atoms with van der Waals surface area (Å²) in [4.78, 5) is 0. The molecule has 4 nitrogen and oxygen atoms in total. The topological polar surface area (TPSA) is 63.6 Å². The fraction of sp³-hybridized carbons (Fsp3) is 0.143. The first-order valence-electron chi connectivity index (χ1n) is 5.72. The number of hydrogen-bond donors (Lipinski definition) is 1. The smallest absolute Gasteiger partial charge is 0.313 e. The number of aromatic hydroxyl groups is 1. The molecule has 2 aromatic carbocycles. The maximum Gasteiger partial charge on any atom is 0.313 e. The minimum Gasteiger partial charge on any atom is -0.508 e. The van der Waals surface area contributed by atoms with Crippen LogP contribution in [0.1, 0.15) is 11.1 Å². The highest BCUT2D eigenvalue weighted by Gasteiger charge is 2.16. The van der Waals surface area contributed by atoms with Crippen molar-refractivity contribution in [3.8, 4) is 11.5 Å². The lowest BCUT2D eigenvalue weighted by atomic mass is 10.2. The van der Waals surface area contributed by atoms with Crippen LogP contribution in [-0.4, -0.2) is 13.5 Å². The molecule has 100 valence electrons. The van der Waals surface area contributed by atoms with Crippen LogP contribution in [0.2, 0.25) is 0 Å². The Morgan fingerprint density at radius 2 is 1.74 bits per heavy atom. The van der Waals surface area contributed by atoms with E-state index in [9.17, 15) is 13.5 Å². The van der Waals surface area contributed by atoms with E-state index in [0.717, 1.165) is 0 Å². The number of hydrogen-bond acceptors (Lipinski definition) is 4. The largest absolute Gasteiger partial charge is 0.508 e. The van der Waals surface area contributed by atoms with E-state index >= 15 is 0 Å². The maximum atomic E-state index is 11.9. The van der Waals surface area contributed by atoms with Crippen LogP contribution in [0.25, 0.3) is 0 Å². The molecule has 0 aliphatic carbocycles. The molecule has 0 radical (unpaired) electrons. The van der Waals surface area contributed by atoms with Crippen molar-refractivity contribution in [2.45, 2.75) is 12.7 Å². The van der Waals surface area contributed by atoms with E-state index in [-0.39, 0.29) is 17.3 Å². The second kappa shape index (κ2) is 5.32. The molecule has 2 aromatic rings. The summed E-state index contributed by atoms with van der Waals surface area (Å²) in [7, 11) is -3.74. The zero-order valence-electron chi connectivity index (χ0n) is 10.4. The van der Waals surface area contributed by atoms with Crippen molar-refractivity contribution in [3.63, 3.8) is 0 Å². The molecule has 2 rings (SSSR count). The molecule has 0 aromatic heterocycles. The Bertz CT molecular complexity index is 663. The monoisotopic (exact) mass is 278 g/mol. The van der Waals surface area contributed by atoms with Crippen molar-refractivity contribution in [2.75, 3.05) is 0 Å². The van der Waals surface area contributed by atoms with E-state index in [0.29, 0.717) is 11.1 Å². The lowest BCUT2D eigenvalue weighted by molar-refractivity contribution is 0.457. The Labute approximate surface area is 112 Å². The van der Waals surface area contributed by atoms with Crippen molar-refractivity contribution < 1.29 is 17.7 Å². The predicted octanol–water partition coefficient (Wildman–Crippen LogP) is 2.61. The van der Waals surface area contributed by atoms with Crippen LogP contribution in [0, 0.1) is 6.92 Å². The fourth-order valence-electron chi connectivity index (χ4n) is 1.64. The molecule has 0 saturated heterocycles. The van der Waals surface area contributed by atoms with Gasteiger partial charge >= 0.3 is 10.1 Å². The third kappa shape index (κ3) is 3.48. The number of phenols is 1. The highest BCUT2D eigenvalue weighted by Crippen LogP contribution is 2.27. The maximum absolute atomic E-state index is 11.9. The van der Waals surface area contributed by atoms with Gasteiger partial charge in [0.25, 0.3) is 0 Å². The molecule has 0 aliphatic rings. The second-order valence-corrected chi connectivity index (χ2v) is 5.74. The zero-order chi connectivity index (χ0) is 13.9. The summed E-state index contributed by atoms with van der Waals surface area (Å²) in [6.45, 7) is 1.60. The Morgan fingerprint density at radius 3 is 2.42 bits per heavy atom. The van der Waals surface area contributed by atoms with Gasteiger partial charge in [-0.05, 0) is 24.6 Å². The lowest BCUT2D eigenvalue weighted by Gasteiger charge is -2.10. The third-order valence-electron chi connectivity index (χ3n) is 2.66. The third-order valence-corrected chi connectivity index (χ3v) is 3.78. The summed E-state index contributed by atoms with van der Waals surface area (Å²) < 4.78 is 28.9. The highest BCUT2D eigenvalue weighted by molar-refractivity contribution is 7.86. The normalized spacial score (nSPS) is 11.2. The van der Waals surface area contributed by atoms with Crippen molar-refractivity contribution >= 4 is 10.1 Å². The van der Waals surface area contributed by atoms with Gasteiger partial charge in [-0.3, -0.25) is 0 Å². The quantitative estimate of drug-likeness (QED) is 0.873. The van der Waals surface area contributed by atoms with Gasteiger partial charge in [0.2, 0.25) is 0 Å². The van der Waals surface area contributed by atoms with E-state index < -0.39 is 10.1 Å². The molecule has 0 unspecified atom stereocenters. The summed E-state index contributed by atoms with van der Waals surface area (Å²) in [5.41, 5.74) is 1.06. The first-order valence-corrected chi connectivity index (χ1v) is 7.30. The van der Waals surface area contributed by atoms with Gasteiger partial charge in [-0.15, -0.1) is 0 Å². The first kappa shape index (κ1) is 13.4. The van der Waals surface area contributed by atoms with E-state index in [1.807, 2.05) is 6.07 Å². The van der Waals surface area contributed by atoms with Crippen LogP contribution in [-0.2, 0) is 15.9 Å². The lowest BCUT2D eigenvalue weighted by Crippen LogP contribution is -2.12. The molecule has 0 amide bonds. The van der Waals surface area contributed by atoms with E-state index in [1.54, 1.807) is 31.2 Å². The molecular weight excluding hydrogens is 264 g/mol. The molecule has 0 aliphatic heterocycles. The molecular formula is C14H14O4S. The Morgan fingerprint density at radius 1 is 1.05 bits per heavy atom. The average Bonchev–Trinajstić information content (AvgIpc) is 2.35.